The van der Waals surface area contributed by atoms with E-state index < -0.39 is 10.8 Å². The molecule has 0 radical (unpaired) electrons. The number of benzene rings is 1. The van der Waals surface area contributed by atoms with E-state index in [2.05, 4.69) is 0 Å². The molecule has 62 valence electrons. The van der Waals surface area contributed by atoms with Crippen molar-refractivity contribution in [2.45, 2.75) is 5.75 Å². The Morgan fingerprint density at radius 1 is 1.27 bits per heavy atom. The molecule has 0 fully saturated rings. The summed E-state index contributed by atoms with van der Waals surface area (Å²) in [5.41, 5.74) is 1.14. The van der Waals surface area contributed by atoms with Crippen molar-refractivity contribution in [1.29, 1.82) is 0 Å². The first-order valence-electron chi connectivity index (χ1n) is 3.13. The van der Waals surface area contributed by atoms with Gasteiger partial charge in [0.1, 0.15) is 0 Å². The minimum absolute atomic E-state index is 0. The van der Waals surface area contributed by atoms with Crippen LogP contribution in [0.25, 0.3) is 0 Å². The second kappa shape index (κ2) is 5.04. The summed E-state index contributed by atoms with van der Waals surface area (Å²) in [6.07, 6.45) is 1.72. The van der Waals surface area contributed by atoms with Crippen LogP contribution in [0.1, 0.15) is 5.56 Å². The second-order valence-corrected chi connectivity index (χ2v) is 3.64. The van der Waals surface area contributed by atoms with Gasteiger partial charge in [-0.25, -0.2) is 0 Å². The Kier molecular flexibility index (Phi) is 4.74. The third-order valence-corrected chi connectivity index (χ3v) is 1.95. The third-order valence-electron chi connectivity index (χ3n) is 1.21. The predicted octanol–water partition coefficient (Wildman–Crippen LogP) is 0.740. The van der Waals surface area contributed by atoms with Gasteiger partial charge < -0.3 is 5.48 Å². The Morgan fingerprint density at radius 2 is 1.82 bits per heavy atom. The van der Waals surface area contributed by atoms with Crippen LogP contribution >= 0.6 is 0 Å². The molecule has 11 heavy (non-hydrogen) atoms. The molecule has 1 rings (SSSR count). The Labute approximate surface area is 69.0 Å². The SMILES string of the molecule is CS(=O)Cc1ccccc1.O. The molecule has 0 aliphatic carbocycles. The van der Waals surface area contributed by atoms with Gasteiger partial charge in [-0.3, -0.25) is 4.21 Å². The normalized spacial score (nSPS) is 11.7. The van der Waals surface area contributed by atoms with Gasteiger partial charge in [-0.15, -0.1) is 0 Å². The predicted molar refractivity (Wildman–Crippen MR) is 47.8 cm³/mol. The van der Waals surface area contributed by atoms with Crippen LogP contribution in [0.5, 0.6) is 0 Å². The first-order chi connectivity index (χ1) is 4.79. The van der Waals surface area contributed by atoms with Crippen LogP contribution in [-0.4, -0.2) is 15.9 Å². The molecule has 0 amide bonds. The third kappa shape index (κ3) is 3.91. The lowest BCUT2D eigenvalue weighted by atomic mass is 10.2. The van der Waals surface area contributed by atoms with Crippen molar-refractivity contribution in [1.82, 2.24) is 0 Å². The fraction of sp³-hybridized carbons (Fsp3) is 0.250. The average Bonchev–Trinajstić information content (AvgIpc) is 1.88. The fourth-order valence-corrected chi connectivity index (χ4v) is 1.47. The Bertz CT molecular complexity index is 221. The molecule has 0 bridgehead atoms. The number of rotatable bonds is 2. The summed E-state index contributed by atoms with van der Waals surface area (Å²) in [7, 11) is -0.717. The van der Waals surface area contributed by atoms with E-state index >= 15 is 0 Å². The zero-order valence-electron chi connectivity index (χ0n) is 6.41. The summed E-state index contributed by atoms with van der Waals surface area (Å²) in [4.78, 5) is 0. The minimum atomic E-state index is -0.717. The Morgan fingerprint density at radius 3 is 2.27 bits per heavy atom. The quantitative estimate of drug-likeness (QED) is 0.649. The summed E-state index contributed by atoms with van der Waals surface area (Å²) in [5, 5.41) is 0. The van der Waals surface area contributed by atoms with Crippen LogP contribution < -0.4 is 0 Å². The molecular formula is C8H12O2S. The van der Waals surface area contributed by atoms with Crippen LogP contribution in [0.15, 0.2) is 30.3 Å². The molecule has 2 nitrogen and oxygen atoms in total. The molecular weight excluding hydrogens is 160 g/mol. The van der Waals surface area contributed by atoms with Gasteiger partial charge >= 0.3 is 0 Å². The topological polar surface area (TPSA) is 48.6 Å². The van der Waals surface area contributed by atoms with Crippen LogP contribution in [-0.2, 0) is 16.6 Å². The van der Waals surface area contributed by atoms with E-state index in [9.17, 15) is 4.21 Å². The van der Waals surface area contributed by atoms with Crippen molar-refractivity contribution in [2.75, 3.05) is 6.26 Å². The van der Waals surface area contributed by atoms with Crippen molar-refractivity contribution in [3.8, 4) is 0 Å². The molecule has 1 atom stereocenters. The van der Waals surface area contributed by atoms with E-state index in [0.717, 1.165) is 5.56 Å². The Hall–Kier alpha value is -0.670. The maximum absolute atomic E-state index is 10.7. The number of hydrogen-bond donors (Lipinski definition) is 0. The van der Waals surface area contributed by atoms with Gasteiger partial charge in [-0.05, 0) is 5.56 Å². The molecule has 3 heteroatoms. The average molecular weight is 172 g/mol. The molecule has 0 aliphatic heterocycles. The number of hydrogen-bond acceptors (Lipinski definition) is 1. The molecule has 2 N–H and O–H groups in total. The highest BCUT2D eigenvalue weighted by molar-refractivity contribution is 7.83. The van der Waals surface area contributed by atoms with E-state index in [1.54, 1.807) is 6.26 Å². The molecule has 0 aliphatic rings. The summed E-state index contributed by atoms with van der Waals surface area (Å²) >= 11 is 0. The highest BCUT2D eigenvalue weighted by atomic mass is 32.2. The van der Waals surface area contributed by atoms with Crippen LogP contribution in [0.3, 0.4) is 0 Å². The highest BCUT2D eigenvalue weighted by Gasteiger charge is 1.91. The molecule has 1 aromatic rings. The standard InChI is InChI=1S/C8H10OS.H2O/c1-10(9)7-8-5-3-2-4-6-8;/h2-6H,7H2,1H3;1H2. The van der Waals surface area contributed by atoms with Gasteiger partial charge in [0.05, 0.1) is 0 Å². The van der Waals surface area contributed by atoms with E-state index in [0.29, 0.717) is 5.75 Å². The summed E-state index contributed by atoms with van der Waals surface area (Å²) < 4.78 is 10.7. The van der Waals surface area contributed by atoms with Crippen LogP contribution in [0.4, 0.5) is 0 Å². The van der Waals surface area contributed by atoms with Gasteiger partial charge in [-0.1, -0.05) is 30.3 Å². The molecule has 0 spiro atoms. The van der Waals surface area contributed by atoms with Crippen molar-refractivity contribution in [2.24, 2.45) is 0 Å². The van der Waals surface area contributed by atoms with Gasteiger partial charge in [0.15, 0.2) is 0 Å². The largest absolute Gasteiger partial charge is 0.412 e. The summed E-state index contributed by atoms with van der Waals surface area (Å²) in [6.45, 7) is 0. The van der Waals surface area contributed by atoms with E-state index in [-0.39, 0.29) is 5.48 Å². The second-order valence-electron chi connectivity index (χ2n) is 2.20. The lowest BCUT2D eigenvalue weighted by Crippen LogP contribution is -1.90. The zero-order valence-corrected chi connectivity index (χ0v) is 7.23. The van der Waals surface area contributed by atoms with Crippen molar-refractivity contribution < 1.29 is 9.69 Å². The van der Waals surface area contributed by atoms with Crippen molar-refractivity contribution in [3.63, 3.8) is 0 Å². The first kappa shape index (κ1) is 10.3. The monoisotopic (exact) mass is 172 g/mol. The molecule has 1 aromatic carbocycles. The molecule has 0 saturated heterocycles. The zero-order chi connectivity index (χ0) is 7.40. The molecule has 0 saturated carbocycles. The van der Waals surface area contributed by atoms with Gasteiger partial charge in [0.2, 0.25) is 0 Å². The first-order valence-corrected chi connectivity index (χ1v) is 4.86. The molecule has 0 aromatic heterocycles. The van der Waals surface area contributed by atoms with Gasteiger partial charge in [0.25, 0.3) is 0 Å². The van der Waals surface area contributed by atoms with E-state index in [4.69, 9.17) is 0 Å². The van der Waals surface area contributed by atoms with E-state index in [1.807, 2.05) is 30.3 Å². The van der Waals surface area contributed by atoms with Crippen molar-refractivity contribution in [3.05, 3.63) is 35.9 Å². The minimum Gasteiger partial charge on any atom is -0.412 e. The lowest BCUT2D eigenvalue weighted by molar-refractivity contribution is 0.686. The smallest absolute Gasteiger partial charge is 0.0482 e. The summed E-state index contributed by atoms with van der Waals surface area (Å²) in [5.74, 6) is 0.668. The molecule has 0 heterocycles. The molecule has 1 unspecified atom stereocenters. The van der Waals surface area contributed by atoms with Crippen LogP contribution in [0, 0.1) is 0 Å². The highest BCUT2D eigenvalue weighted by Crippen LogP contribution is 2.00. The van der Waals surface area contributed by atoms with Gasteiger partial charge in [-0.2, -0.15) is 0 Å². The maximum atomic E-state index is 10.7. The van der Waals surface area contributed by atoms with Gasteiger partial charge in [0, 0.05) is 22.8 Å². The Balaban J connectivity index is 0.000001000. The van der Waals surface area contributed by atoms with E-state index in [1.165, 1.54) is 0 Å². The maximum Gasteiger partial charge on any atom is 0.0482 e. The lowest BCUT2D eigenvalue weighted by Gasteiger charge is -1.94. The summed E-state index contributed by atoms with van der Waals surface area (Å²) in [6, 6.07) is 9.86. The van der Waals surface area contributed by atoms with Crippen molar-refractivity contribution >= 4 is 10.8 Å². The fourth-order valence-electron chi connectivity index (χ4n) is 0.809. The van der Waals surface area contributed by atoms with Crippen LogP contribution in [0.2, 0.25) is 0 Å².